The molecule has 0 bridgehead atoms. The number of carbonyl (C=O) groups is 3. The van der Waals surface area contributed by atoms with Crippen molar-refractivity contribution in [2.75, 3.05) is 4.72 Å². The van der Waals surface area contributed by atoms with E-state index in [1.54, 1.807) is 30.3 Å². The Morgan fingerprint density at radius 2 is 1.73 bits per heavy atom. The summed E-state index contributed by atoms with van der Waals surface area (Å²) in [5, 5.41) is 9.72. The van der Waals surface area contributed by atoms with Crippen molar-refractivity contribution in [3.05, 3.63) is 98.1 Å². The number of nitrogens with zero attached hydrogens (tertiary/aromatic N) is 1. The van der Waals surface area contributed by atoms with Crippen molar-refractivity contribution < 1.29 is 24.0 Å². The van der Waals surface area contributed by atoms with Crippen LogP contribution in [0.4, 0.5) is 5.69 Å². The van der Waals surface area contributed by atoms with Crippen molar-refractivity contribution in [2.24, 2.45) is 5.73 Å². The first-order valence-electron chi connectivity index (χ1n) is 9.14. The second kappa shape index (κ2) is 10.5. The normalized spacial score (nSPS) is 15.7. The molecular formula is C22H15Cl2N3O5S. The van der Waals surface area contributed by atoms with Gasteiger partial charge in [-0.15, -0.1) is 0 Å². The summed E-state index contributed by atoms with van der Waals surface area (Å²) in [6.07, 6.45) is 4.49. The molecular weight excluding hydrogens is 489 g/mol. The van der Waals surface area contributed by atoms with Gasteiger partial charge in [-0.25, -0.2) is 9.52 Å². The van der Waals surface area contributed by atoms with Gasteiger partial charge in [0.05, 0.1) is 26.9 Å². The lowest BCUT2D eigenvalue weighted by molar-refractivity contribution is 0.0696. The van der Waals surface area contributed by atoms with E-state index in [9.17, 15) is 18.9 Å². The highest BCUT2D eigenvalue weighted by molar-refractivity contribution is 7.97. The topological polar surface area (TPSA) is 145 Å². The van der Waals surface area contributed by atoms with Gasteiger partial charge in [0.2, 0.25) is 16.6 Å². The number of halogens is 2. The lowest BCUT2D eigenvalue weighted by Gasteiger charge is -2.21. The third-order valence-corrected chi connectivity index (χ3v) is 6.19. The number of carboxylic acid groups (broad SMARTS) is 1. The average Bonchev–Trinajstić information content (AvgIpc) is 2.79. The molecule has 4 rings (SSSR count). The Morgan fingerprint density at radius 1 is 1.03 bits per heavy atom. The summed E-state index contributed by atoms with van der Waals surface area (Å²) in [6.45, 7) is 0. The van der Waals surface area contributed by atoms with Crippen molar-refractivity contribution in [2.45, 2.75) is 0 Å². The van der Waals surface area contributed by atoms with Crippen LogP contribution in [0.2, 0.25) is 10.0 Å². The average molecular weight is 504 g/mol. The van der Waals surface area contributed by atoms with Crippen LogP contribution in [0, 0.1) is 0 Å². The van der Waals surface area contributed by atoms with Crippen LogP contribution in [0.5, 0.6) is 0 Å². The number of amides is 1. The maximum absolute atomic E-state index is 12.6. The first-order chi connectivity index (χ1) is 15.7. The number of anilines is 1. The van der Waals surface area contributed by atoms with Gasteiger partial charge in [-0.3, -0.25) is 14.6 Å². The number of allylic oxidation sites excluding steroid dienone is 1. The third kappa shape index (κ3) is 5.91. The number of pyridine rings is 1. The number of benzene rings is 2. The van der Waals surface area contributed by atoms with Gasteiger partial charge >= 0.3 is 5.97 Å². The van der Waals surface area contributed by atoms with E-state index in [4.69, 9.17) is 34.0 Å². The number of carbonyl (C=O) groups excluding carboxylic acids is 2. The number of primary amides is 1. The number of aromatic carboxylic acids is 1. The Labute approximate surface area is 201 Å². The Kier molecular flexibility index (Phi) is 7.72. The van der Waals surface area contributed by atoms with E-state index in [1.165, 1.54) is 36.7 Å². The van der Waals surface area contributed by atoms with Crippen molar-refractivity contribution in [1.29, 1.82) is 0 Å². The first kappa shape index (κ1) is 24.3. The summed E-state index contributed by atoms with van der Waals surface area (Å²) in [5.41, 5.74) is 6.45. The molecule has 0 aliphatic carbocycles. The van der Waals surface area contributed by atoms with Crippen LogP contribution in [-0.4, -0.2) is 32.3 Å². The summed E-state index contributed by atoms with van der Waals surface area (Å²) >= 11 is 10.0. The minimum Gasteiger partial charge on any atom is -0.588 e. The smallest absolute Gasteiger partial charge is 0.335 e. The molecule has 1 amide bonds. The largest absolute Gasteiger partial charge is 0.588 e. The number of nitrogens with two attached hydrogens (primary N) is 1. The highest BCUT2D eigenvalue weighted by Crippen LogP contribution is 2.32. The molecule has 4 N–H and O–H groups in total. The van der Waals surface area contributed by atoms with Gasteiger partial charge in [-0.1, -0.05) is 29.3 Å². The summed E-state index contributed by atoms with van der Waals surface area (Å²) in [6, 6.07) is 11.9. The minimum absolute atomic E-state index is 0.00317. The van der Waals surface area contributed by atoms with Crippen LogP contribution < -0.4 is 10.5 Å². The second-order valence-electron chi connectivity index (χ2n) is 6.55. The minimum atomic E-state index is -1.76. The molecule has 1 aliphatic heterocycles. The molecule has 11 heteroatoms. The number of fused-ring (bicyclic) bond motifs is 1. The number of Topliss-reactive ketones (excluding diaryl/α,β-unsaturated/α-hetero) is 1. The molecule has 2 heterocycles. The van der Waals surface area contributed by atoms with Crippen LogP contribution in [0.15, 0.2) is 65.8 Å². The van der Waals surface area contributed by atoms with E-state index in [0.717, 1.165) is 0 Å². The molecule has 0 saturated carbocycles. The number of aromatic nitrogens is 1. The third-order valence-electron chi connectivity index (χ3n) is 4.34. The molecule has 1 aromatic heterocycles. The Morgan fingerprint density at radius 3 is 2.30 bits per heavy atom. The highest BCUT2D eigenvalue weighted by atomic mass is 35.5. The van der Waals surface area contributed by atoms with Crippen molar-refractivity contribution in [3.8, 4) is 0 Å². The highest BCUT2D eigenvalue weighted by Gasteiger charge is 2.34. The number of hydrogen-bond donors (Lipinski definition) is 3. The fraction of sp³-hybridized carbons (Fsp3) is 0. The van der Waals surface area contributed by atoms with E-state index in [0.29, 0.717) is 26.9 Å². The lowest BCUT2D eigenvalue weighted by atomic mass is 10.0. The molecule has 0 saturated heterocycles. The first-order valence-corrected chi connectivity index (χ1v) is 11.0. The number of carboxylic acids is 1. The molecule has 0 radical (unpaired) electrons. The predicted molar refractivity (Wildman–Crippen MR) is 127 cm³/mol. The fourth-order valence-corrected chi connectivity index (χ4v) is 4.03. The van der Waals surface area contributed by atoms with Crippen LogP contribution in [-0.2, 0) is 11.4 Å². The maximum Gasteiger partial charge on any atom is 0.335 e. The zero-order valence-corrected chi connectivity index (χ0v) is 18.9. The molecule has 0 fully saturated rings. The summed E-state index contributed by atoms with van der Waals surface area (Å²) in [5.74, 6) is -2.07. The number of ketones is 1. The zero-order valence-electron chi connectivity index (χ0n) is 16.6. The summed E-state index contributed by atoms with van der Waals surface area (Å²) in [4.78, 5) is 37.8. The quantitative estimate of drug-likeness (QED) is 0.358. The Bertz CT molecular complexity index is 1270. The van der Waals surface area contributed by atoms with Crippen LogP contribution in [0.1, 0.15) is 36.6 Å². The van der Waals surface area contributed by atoms with Gasteiger partial charge in [-0.2, -0.15) is 0 Å². The second-order valence-corrected chi connectivity index (χ2v) is 8.54. The SMILES string of the molecule is NC(=O)c1ccncc1.O=C(O)c1ccc2c(c1)C(=O)/C(=C\c1ccc(Cl)c(Cl)c1)[S+]([O-])N2. The predicted octanol–water partition coefficient (Wildman–Crippen LogP) is 4.19. The molecule has 1 aliphatic rings. The van der Waals surface area contributed by atoms with Crippen LogP contribution >= 0.6 is 23.2 Å². The number of hydrogen-bond acceptors (Lipinski definition) is 6. The molecule has 3 aromatic rings. The van der Waals surface area contributed by atoms with Crippen molar-refractivity contribution >= 4 is 64.0 Å². The van der Waals surface area contributed by atoms with Gasteiger partial charge in [0.25, 0.3) is 0 Å². The van der Waals surface area contributed by atoms with E-state index >= 15 is 0 Å². The lowest BCUT2D eigenvalue weighted by Crippen LogP contribution is -2.27. The van der Waals surface area contributed by atoms with Gasteiger partial charge in [0, 0.05) is 24.0 Å². The Balaban J connectivity index is 0.000000286. The molecule has 33 heavy (non-hydrogen) atoms. The molecule has 2 aromatic carbocycles. The monoisotopic (exact) mass is 503 g/mol. The van der Waals surface area contributed by atoms with Gasteiger partial charge in [-0.05, 0) is 48.0 Å². The van der Waals surface area contributed by atoms with E-state index in [-0.39, 0.29) is 16.0 Å². The van der Waals surface area contributed by atoms with E-state index < -0.39 is 29.0 Å². The van der Waals surface area contributed by atoms with Gasteiger partial charge in [0.15, 0.2) is 0 Å². The van der Waals surface area contributed by atoms with Gasteiger partial charge < -0.3 is 15.4 Å². The Hall–Kier alpha value is -3.37. The number of rotatable bonds is 3. The number of nitrogens with one attached hydrogen (secondary N) is 1. The fourth-order valence-electron chi connectivity index (χ4n) is 2.71. The van der Waals surface area contributed by atoms with Crippen LogP contribution in [0.25, 0.3) is 6.08 Å². The molecule has 8 nitrogen and oxygen atoms in total. The standard InChI is InChI=1S/C16H9Cl2NO4S.C6H6N2O/c17-11-3-1-8(5-12(11)18)6-14-15(20)10-7-9(16(21)22)2-4-13(10)19-24(14)23;7-6(9)5-1-3-8-4-2-5/h1-7,19H,(H,21,22);1-4H,(H2,7,9)/b14-6+;. The van der Waals surface area contributed by atoms with E-state index in [1.807, 2.05) is 0 Å². The maximum atomic E-state index is 12.6. The summed E-state index contributed by atoms with van der Waals surface area (Å²) in [7, 11) is 0. The molecule has 168 valence electrons. The van der Waals surface area contributed by atoms with Crippen molar-refractivity contribution in [1.82, 2.24) is 4.98 Å². The van der Waals surface area contributed by atoms with Crippen LogP contribution in [0.3, 0.4) is 0 Å². The van der Waals surface area contributed by atoms with Crippen molar-refractivity contribution in [3.63, 3.8) is 0 Å². The molecule has 1 atom stereocenters. The molecule has 0 spiro atoms. The molecule has 1 unspecified atom stereocenters. The van der Waals surface area contributed by atoms with Gasteiger partial charge in [0.1, 0.15) is 11.4 Å². The van der Waals surface area contributed by atoms with E-state index in [2.05, 4.69) is 9.71 Å². The zero-order chi connectivity index (χ0) is 24.1. The summed E-state index contributed by atoms with van der Waals surface area (Å²) < 4.78 is 15.0.